The topological polar surface area (TPSA) is 81.2 Å². The molecule has 25 heavy (non-hydrogen) atoms. The summed E-state index contributed by atoms with van der Waals surface area (Å²) in [6, 6.07) is 3.30. The summed E-state index contributed by atoms with van der Waals surface area (Å²) in [4.78, 5) is 12.0. The third-order valence-electron chi connectivity index (χ3n) is 3.62. The maximum absolute atomic E-state index is 12.9. The number of carbonyl (C=O) groups excluding carboxylic acids is 1. The normalized spacial score (nSPS) is 11.1. The molecule has 3 N–H and O–H groups in total. The number of alkyl halides is 3. The van der Waals surface area contributed by atoms with Crippen molar-refractivity contribution < 1.29 is 22.5 Å². The molecule has 138 valence electrons. The predicted molar refractivity (Wildman–Crippen MR) is 89.5 cm³/mol. The van der Waals surface area contributed by atoms with E-state index in [9.17, 15) is 18.0 Å². The molecule has 0 radical (unpaired) electrons. The SMILES string of the molecule is Cc1noc(C)c1CCC(=O)Nc1cc(CN)cc(C(F)(F)F)c1.Cl. The third kappa shape index (κ3) is 5.47. The summed E-state index contributed by atoms with van der Waals surface area (Å²) < 4.78 is 43.6. The van der Waals surface area contributed by atoms with Crippen molar-refractivity contribution in [3.05, 3.63) is 46.3 Å². The number of nitrogens with one attached hydrogen (secondary N) is 1. The summed E-state index contributed by atoms with van der Waals surface area (Å²) in [5.74, 6) is 0.238. The van der Waals surface area contributed by atoms with Crippen molar-refractivity contribution in [3.8, 4) is 0 Å². The van der Waals surface area contributed by atoms with Crippen molar-refractivity contribution in [2.75, 3.05) is 5.32 Å². The first-order chi connectivity index (χ1) is 11.2. The summed E-state index contributed by atoms with van der Waals surface area (Å²) in [5.41, 5.74) is 6.48. The van der Waals surface area contributed by atoms with E-state index in [-0.39, 0.29) is 31.1 Å². The minimum atomic E-state index is -4.50. The highest BCUT2D eigenvalue weighted by atomic mass is 35.5. The molecule has 0 spiro atoms. The zero-order valence-corrected chi connectivity index (χ0v) is 14.6. The molecule has 1 amide bonds. The molecule has 0 bridgehead atoms. The zero-order valence-electron chi connectivity index (χ0n) is 13.7. The predicted octanol–water partition coefficient (Wildman–Crippen LogP) is 3.76. The molecule has 0 aliphatic heterocycles. The van der Waals surface area contributed by atoms with Crippen LogP contribution in [0.1, 0.15) is 34.6 Å². The number of nitrogens with two attached hydrogens (primary N) is 1. The van der Waals surface area contributed by atoms with Gasteiger partial charge in [-0.3, -0.25) is 4.79 Å². The van der Waals surface area contributed by atoms with E-state index in [1.165, 1.54) is 6.07 Å². The van der Waals surface area contributed by atoms with Gasteiger partial charge in [-0.2, -0.15) is 13.2 Å². The van der Waals surface area contributed by atoms with E-state index in [0.717, 1.165) is 17.7 Å². The fourth-order valence-electron chi connectivity index (χ4n) is 2.37. The van der Waals surface area contributed by atoms with Crippen LogP contribution in [-0.2, 0) is 23.9 Å². The summed E-state index contributed by atoms with van der Waals surface area (Å²) in [7, 11) is 0. The Bertz CT molecular complexity index is 725. The highest BCUT2D eigenvalue weighted by Gasteiger charge is 2.31. The number of rotatable bonds is 5. The molecule has 2 aromatic rings. The minimum Gasteiger partial charge on any atom is -0.361 e. The van der Waals surface area contributed by atoms with Crippen LogP contribution in [0, 0.1) is 13.8 Å². The van der Waals surface area contributed by atoms with Gasteiger partial charge < -0.3 is 15.6 Å². The molecule has 9 heteroatoms. The van der Waals surface area contributed by atoms with Gasteiger partial charge in [0, 0.05) is 24.2 Å². The lowest BCUT2D eigenvalue weighted by atomic mass is 10.1. The van der Waals surface area contributed by atoms with Crippen LogP contribution in [-0.4, -0.2) is 11.1 Å². The summed E-state index contributed by atoms with van der Waals surface area (Å²) in [5, 5.41) is 6.28. The van der Waals surface area contributed by atoms with Crippen LogP contribution < -0.4 is 11.1 Å². The lowest BCUT2D eigenvalue weighted by Crippen LogP contribution is -2.15. The van der Waals surface area contributed by atoms with Crippen molar-refractivity contribution in [2.45, 2.75) is 39.4 Å². The second-order valence-corrected chi connectivity index (χ2v) is 5.47. The first-order valence-electron chi connectivity index (χ1n) is 7.33. The fourth-order valence-corrected chi connectivity index (χ4v) is 2.37. The number of carbonyl (C=O) groups is 1. The van der Waals surface area contributed by atoms with E-state index in [2.05, 4.69) is 10.5 Å². The number of halogens is 4. The highest BCUT2D eigenvalue weighted by Crippen LogP contribution is 2.32. The average Bonchev–Trinajstić information content (AvgIpc) is 2.82. The lowest BCUT2D eigenvalue weighted by molar-refractivity contribution is -0.137. The van der Waals surface area contributed by atoms with Gasteiger partial charge in [-0.15, -0.1) is 12.4 Å². The van der Waals surface area contributed by atoms with E-state index in [4.69, 9.17) is 10.3 Å². The van der Waals surface area contributed by atoms with Crippen molar-refractivity contribution >= 4 is 24.0 Å². The van der Waals surface area contributed by atoms with Crippen LogP contribution >= 0.6 is 12.4 Å². The molecule has 0 saturated heterocycles. The number of benzene rings is 1. The molecule has 0 fully saturated rings. The highest BCUT2D eigenvalue weighted by molar-refractivity contribution is 5.91. The Morgan fingerprint density at radius 3 is 2.48 bits per heavy atom. The van der Waals surface area contributed by atoms with Gasteiger partial charge >= 0.3 is 6.18 Å². The molecule has 1 aromatic heterocycles. The Morgan fingerprint density at radius 1 is 1.28 bits per heavy atom. The molecule has 0 saturated carbocycles. The molecular formula is C16H19ClF3N3O2. The van der Waals surface area contributed by atoms with Gasteiger partial charge in [-0.1, -0.05) is 5.16 Å². The van der Waals surface area contributed by atoms with E-state index in [1.54, 1.807) is 13.8 Å². The van der Waals surface area contributed by atoms with Crippen LogP contribution in [0.5, 0.6) is 0 Å². The second kappa shape index (κ2) is 8.35. The van der Waals surface area contributed by atoms with Crippen LogP contribution in [0.2, 0.25) is 0 Å². The van der Waals surface area contributed by atoms with Crippen LogP contribution in [0.3, 0.4) is 0 Å². The van der Waals surface area contributed by atoms with Gasteiger partial charge in [0.25, 0.3) is 0 Å². The molecule has 5 nitrogen and oxygen atoms in total. The van der Waals surface area contributed by atoms with Crippen molar-refractivity contribution in [2.24, 2.45) is 5.73 Å². The Hall–Kier alpha value is -2.06. The molecule has 1 heterocycles. The Kier molecular flexibility index (Phi) is 7.01. The minimum absolute atomic E-state index is 0. The van der Waals surface area contributed by atoms with Crippen LogP contribution in [0.4, 0.5) is 18.9 Å². The van der Waals surface area contributed by atoms with Crippen LogP contribution in [0.25, 0.3) is 0 Å². The van der Waals surface area contributed by atoms with Crippen molar-refractivity contribution in [1.82, 2.24) is 5.16 Å². The largest absolute Gasteiger partial charge is 0.416 e. The Labute approximate surface area is 149 Å². The lowest BCUT2D eigenvalue weighted by Gasteiger charge is -2.12. The molecule has 0 unspecified atom stereocenters. The zero-order chi connectivity index (χ0) is 17.9. The Balaban J connectivity index is 0.00000312. The number of hydrogen-bond acceptors (Lipinski definition) is 4. The van der Waals surface area contributed by atoms with Gasteiger partial charge in [0.1, 0.15) is 5.76 Å². The first-order valence-corrected chi connectivity index (χ1v) is 7.33. The number of amides is 1. The van der Waals surface area contributed by atoms with Crippen molar-refractivity contribution in [1.29, 1.82) is 0 Å². The number of anilines is 1. The van der Waals surface area contributed by atoms with Crippen LogP contribution in [0.15, 0.2) is 22.7 Å². The summed E-state index contributed by atoms with van der Waals surface area (Å²) in [6.07, 6.45) is -3.99. The maximum Gasteiger partial charge on any atom is 0.416 e. The summed E-state index contributed by atoms with van der Waals surface area (Å²) >= 11 is 0. The molecule has 0 aliphatic rings. The molecular weight excluding hydrogens is 359 g/mol. The standard InChI is InChI=1S/C16H18F3N3O2.ClH/c1-9-14(10(2)24-22-9)3-4-15(23)21-13-6-11(8-20)5-12(7-13)16(17,18)19;/h5-7H,3-4,8,20H2,1-2H3,(H,21,23);1H. The fraction of sp³-hybridized carbons (Fsp3) is 0.375. The molecule has 2 rings (SSSR count). The van der Waals surface area contributed by atoms with E-state index >= 15 is 0 Å². The third-order valence-corrected chi connectivity index (χ3v) is 3.62. The monoisotopic (exact) mass is 377 g/mol. The van der Waals surface area contributed by atoms with Gasteiger partial charge in [0.2, 0.25) is 5.91 Å². The van der Waals surface area contributed by atoms with E-state index in [1.807, 2.05) is 0 Å². The Morgan fingerprint density at radius 2 is 1.96 bits per heavy atom. The molecule has 0 atom stereocenters. The van der Waals surface area contributed by atoms with Gasteiger partial charge in [0.05, 0.1) is 11.3 Å². The number of aromatic nitrogens is 1. The first kappa shape index (κ1) is 21.0. The van der Waals surface area contributed by atoms with Crippen molar-refractivity contribution in [3.63, 3.8) is 0 Å². The van der Waals surface area contributed by atoms with Gasteiger partial charge in [-0.25, -0.2) is 0 Å². The molecule has 0 aliphatic carbocycles. The van der Waals surface area contributed by atoms with E-state index in [0.29, 0.717) is 23.4 Å². The van der Waals surface area contributed by atoms with Gasteiger partial charge in [-0.05, 0) is 44.0 Å². The number of aryl methyl sites for hydroxylation is 2. The second-order valence-electron chi connectivity index (χ2n) is 5.47. The smallest absolute Gasteiger partial charge is 0.361 e. The van der Waals surface area contributed by atoms with Gasteiger partial charge in [0.15, 0.2) is 0 Å². The summed E-state index contributed by atoms with van der Waals surface area (Å²) in [6.45, 7) is 3.46. The number of hydrogen-bond donors (Lipinski definition) is 2. The van der Waals surface area contributed by atoms with E-state index < -0.39 is 17.6 Å². The average molecular weight is 378 g/mol. The number of nitrogens with zero attached hydrogens (tertiary/aromatic N) is 1. The maximum atomic E-state index is 12.9. The quantitative estimate of drug-likeness (QED) is 0.831. The molecule has 1 aromatic carbocycles.